The highest BCUT2D eigenvalue weighted by atomic mass is 35.5. The third kappa shape index (κ3) is 5.68. The van der Waals surface area contributed by atoms with Crippen LogP contribution >= 0.6 is 23.2 Å². The molecule has 19 heavy (non-hydrogen) atoms. The van der Waals surface area contributed by atoms with Crippen LogP contribution in [0.25, 0.3) is 0 Å². The lowest BCUT2D eigenvalue weighted by Crippen LogP contribution is -2.31. The smallest absolute Gasteiger partial charge is 0.239 e. The fraction of sp³-hybridized carbons (Fsp3) is 0.462. The summed E-state index contributed by atoms with van der Waals surface area (Å²) in [6.07, 6.45) is 0.791. The van der Waals surface area contributed by atoms with Gasteiger partial charge in [0.1, 0.15) is 0 Å². The lowest BCUT2D eigenvalue weighted by atomic mass is 10.2. The highest BCUT2D eigenvalue weighted by Gasteiger charge is 2.06. The molecule has 0 bridgehead atoms. The van der Waals surface area contributed by atoms with E-state index in [9.17, 15) is 4.79 Å². The van der Waals surface area contributed by atoms with Gasteiger partial charge in [0.15, 0.2) is 0 Å². The average molecular weight is 305 g/mol. The standard InChI is InChI=1S/C13H18Cl2N2O2/c1-9-6-11(15)12(7-10(9)14)17-8-13(18)16-4-3-5-19-2/h6-7,17H,3-5,8H2,1-2H3,(H,16,18). The summed E-state index contributed by atoms with van der Waals surface area (Å²) < 4.78 is 4.89. The maximum absolute atomic E-state index is 11.6. The van der Waals surface area contributed by atoms with Crippen molar-refractivity contribution in [1.82, 2.24) is 5.32 Å². The molecule has 1 aromatic carbocycles. The van der Waals surface area contributed by atoms with Crippen LogP contribution in [-0.4, -0.2) is 32.7 Å². The maximum Gasteiger partial charge on any atom is 0.239 e. The molecule has 1 rings (SSSR count). The predicted octanol–water partition coefficient (Wildman–Crippen LogP) is 2.87. The summed E-state index contributed by atoms with van der Waals surface area (Å²) in [4.78, 5) is 11.6. The molecule has 1 aromatic rings. The first-order chi connectivity index (χ1) is 9.04. The number of nitrogens with one attached hydrogen (secondary N) is 2. The van der Waals surface area contributed by atoms with Gasteiger partial charge in [-0.05, 0) is 31.0 Å². The maximum atomic E-state index is 11.6. The molecule has 6 heteroatoms. The molecule has 4 nitrogen and oxygen atoms in total. The van der Waals surface area contributed by atoms with E-state index in [4.69, 9.17) is 27.9 Å². The Labute approximate surface area is 123 Å². The Kier molecular flexibility index (Phi) is 6.99. The van der Waals surface area contributed by atoms with Gasteiger partial charge in [-0.3, -0.25) is 4.79 Å². The van der Waals surface area contributed by atoms with Crippen molar-refractivity contribution in [2.75, 3.05) is 32.1 Å². The fourth-order valence-corrected chi connectivity index (χ4v) is 1.91. The molecule has 2 N–H and O–H groups in total. The summed E-state index contributed by atoms with van der Waals surface area (Å²) in [7, 11) is 1.63. The second-order valence-electron chi connectivity index (χ2n) is 4.13. The summed E-state index contributed by atoms with van der Waals surface area (Å²) in [5.74, 6) is -0.0936. The second kappa shape index (κ2) is 8.25. The van der Waals surface area contributed by atoms with Gasteiger partial charge in [0.25, 0.3) is 0 Å². The van der Waals surface area contributed by atoms with Crippen molar-refractivity contribution in [2.45, 2.75) is 13.3 Å². The van der Waals surface area contributed by atoms with Crippen molar-refractivity contribution >= 4 is 34.8 Å². The minimum Gasteiger partial charge on any atom is -0.385 e. The van der Waals surface area contributed by atoms with Crippen LogP contribution in [0.3, 0.4) is 0 Å². The van der Waals surface area contributed by atoms with Crippen molar-refractivity contribution in [3.05, 3.63) is 27.7 Å². The quantitative estimate of drug-likeness (QED) is 0.762. The Morgan fingerprint density at radius 2 is 2.05 bits per heavy atom. The highest BCUT2D eigenvalue weighted by Crippen LogP contribution is 2.28. The molecular weight excluding hydrogens is 287 g/mol. The molecule has 0 spiro atoms. The zero-order valence-corrected chi connectivity index (χ0v) is 12.6. The van der Waals surface area contributed by atoms with Gasteiger partial charge < -0.3 is 15.4 Å². The Morgan fingerprint density at radius 3 is 2.74 bits per heavy atom. The Balaban J connectivity index is 2.40. The fourth-order valence-electron chi connectivity index (χ4n) is 1.46. The van der Waals surface area contributed by atoms with Crippen molar-refractivity contribution in [3.8, 4) is 0 Å². The Hall–Kier alpha value is -0.970. The number of hydrogen-bond donors (Lipinski definition) is 2. The Morgan fingerprint density at radius 1 is 1.32 bits per heavy atom. The highest BCUT2D eigenvalue weighted by molar-refractivity contribution is 6.35. The molecule has 0 heterocycles. The van der Waals surface area contributed by atoms with E-state index in [0.717, 1.165) is 12.0 Å². The SMILES string of the molecule is COCCCNC(=O)CNc1cc(Cl)c(C)cc1Cl. The number of halogens is 2. The number of ether oxygens (including phenoxy) is 1. The number of carbonyl (C=O) groups is 1. The topological polar surface area (TPSA) is 50.4 Å². The zero-order valence-electron chi connectivity index (χ0n) is 11.1. The first-order valence-corrected chi connectivity index (χ1v) is 6.75. The van der Waals surface area contributed by atoms with Gasteiger partial charge in [-0.25, -0.2) is 0 Å². The van der Waals surface area contributed by atoms with Crippen LogP contribution in [0, 0.1) is 6.92 Å². The van der Waals surface area contributed by atoms with Crippen LogP contribution in [-0.2, 0) is 9.53 Å². The van der Waals surface area contributed by atoms with Gasteiger partial charge in [-0.15, -0.1) is 0 Å². The van der Waals surface area contributed by atoms with E-state index in [1.54, 1.807) is 19.2 Å². The molecule has 0 atom stereocenters. The van der Waals surface area contributed by atoms with Crippen molar-refractivity contribution in [1.29, 1.82) is 0 Å². The summed E-state index contributed by atoms with van der Waals surface area (Å²) in [5, 5.41) is 6.91. The summed E-state index contributed by atoms with van der Waals surface area (Å²) in [6.45, 7) is 3.26. The van der Waals surface area contributed by atoms with Crippen molar-refractivity contribution in [3.63, 3.8) is 0 Å². The van der Waals surface area contributed by atoms with Crippen LogP contribution in [0.2, 0.25) is 10.0 Å². The molecular formula is C13H18Cl2N2O2. The minimum atomic E-state index is -0.0936. The molecule has 0 aromatic heterocycles. The number of hydrogen-bond acceptors (Lipinski definition) is 3. The molecule has 0 saturated heterocycles. The van der Waals surface area contributed by atoms with E-state index in [-0.39, 0.29) is 12.5 Å². The number of aryl methyl sites for hydroxylation is 1. The summed E-state index contributed by atoms with van der Waals surface area (Å²) >= 11 is 12.1. The average Bonchev–Trinajstić information content (AvgIpc) is 2.37. The van der Waals surface area contributed by atoms with Crippen molar-refractivity contribution in [2.24, 2.45) is 0 Å². The normalized spacial score (nSPS) is 10.3. The number of methoxy groups -OCH3 is 1. The van der Waals surface area contributed by atoms with Crippen LogP contribution < -0.4 is 10.6 Å². The molecule has 0 saturated carbocycles. The second-order valence-corrected chi connectivity index (χ2v) is 4.95. The van der Waals surface area contributed by atoms with Crippen LogP contribution in [0.4, 0.5) is 5.69 Å². The number of rotatable bonds is 7. The lowest BCUT2D eigenvalue weighted by molar-refractivity contribution is -0.119. The molecule has 0 aliphatic carbocycles. The van der Waals surface area contributed by atoms with Gasteiger partial charge in [-0.2, -0.15) is 0 Å². The third-order valence-corrected chi connectivity index (χ3v) is 3.26. The van der Waals surface area contributed by atoms with Crippen LogP contribution in [0.15, 0.2) is 12.1 Å². The lowest BCUT2D eigenvalue weighted by Gasteiger charge is -2.10. The van der Waals surface area contributed by atoms with Gasteiger partial charge in [0.05, 0.1) is 17.3 Å². The van der Waals surface area contributed by atoms with E-state index in [2.05, 4.69) is 10.6 Å². The van der Waals surface area contributed by atoms with E-state index < -0.39 is 0 Å². The first-order valence-electron chi connectivity index (χ1n) is 5.99. The molecule has 0 aliphatic heterocycles. The molecule has 1 amide bonds. The van der Waals surface area contributed by atoms with E-state index in [0.29, 0.717) is 28.9 Å². The van der Waals surface area contributed by atoms with E-state index >= 15 is 0 Å². The Bertz CT molecular complexity index is 439. The molecule has 0 unspecified atom stereocenters. The molecule has 106 valence electrons. The van der Waals surface area contributed by atoms with E-state index in [1.807, 2.05) is 6.92 Å². The van der Waals surface area contributed by atoms with Gasteiger partial charge in [0, 0.05) is 25.3 Å². The number of amides is 1. The number of benzene rings is 1. The zero-order chi connectivity index (χ0) is 14.3. The third-order valence-electron chi connectivity index (χ3n) is 2.54. The van der Waals surface area contributed by atoms with Gasteiger partial charge >= 0.3 is 0 Å². The van der Waals surface area contributed by atoms with Gasteiger partial charge in [0.2, 0.25) is 5.91 Å². The first kappa shape index (κ1) is 16.1. The van der Waals surface area contributed by atoms with E-state index in [1.165, 1.54) is 0 Å². The summed E-state index contributed by atoms with van der Waals surface area (Å²) in [6, 6.07) is 3.49. The largest absolute Gasteiger partial charge is 0.385 e. The number of anilines is 1. The molecule has 0 aliphatic rings. The number of carbonyl (C=O) groups excluding carboxylic acids is 1. The van der Waals surface area contributed by atoms with Crippen LogP contribution in [0.1, 0.15) is 12.0 Å². The predicted molar refractivity (Wildman–Crippen MR) is 79.2 cm³/mol. The molecule has 0 radical (unpaired) electrons. The van der Waals surface area contributed by atoms with Gasteiger partial charge in [-0.1, -0.05) is 23.2 Å². The monoisotopic (exact) mass is 304 g/mol. The van der Waals surface area contributed by atoms with Crippen molar-refractivity contribution < 1.29 is 9.53 Å². The summed E-state index contributed by atoms with van der Waals surface area (Å²) in [5.41, 5.74) is 1.56. The van der Waals surface area contributed by atoms with Crippen LogP contribution in [0.5, 0.6) is 0 Å². The molecule has 0 fully saturated rings. The minimum absolute atomic E-state index is 0.0936.